The molecule has 0 aliphatic heterocycles. The molecule has 0 heterocycles. The molecule has 0 aliphatic rings. The van der Waals surface area contributed by atoms with Gasteiger partial charge in [0.05, 0.1) is 12.2 Å². The van der Waals surface area contributed by atoms with E-state index in [4.69, 9.17) is 4.74 Å². The van der Waals surface area contributed by atoms with Crippen molar-refractivity contribution in [2.75, 3.05) is 6.61 Å². The molecule has 0 saturated heterocycles. The molecule has 0 spiro atoms. The molecule has 21 heavy (non-hydrogen) atoms. The molecule has 0 aromatic carbocycles. The van der Waals surface area contributed by atoms with E-state index in [9.17, 15) is 5.11 Å². The van der Waals surface area contributed by atoms with Crippen LogP contribution < -0.4 is 0 Å². The average molecular weight is 301 g/mol. The summed E-state index contributed by atoms with van der Waals surface area (Å²) in [6.07, 6.45) is 14.0. The lowest BCUT2D eigenvalue weighted by Crippen LogP contribution is -2.33. The number of ether oxygens (including phenoxy) is 1. The van der Waals surface area contributed by atoms with E-state index < -0.39 is 0 Å². The second kappa shape index (κ2) is 14.8. The van der Waals surface area contributed by atoms with E-state index in [2.05, 4.69) is 20.8 Å². The highest BCUT2D eigenvalue weighted by atomic mass is 16.5. The molecule has 0 aromatic rings. The van der Waals surface area contributed by atoms with Gasteiger partial charge in [-0.15, -0.1) is 0 Å². The lowest BCUT2D eigenvalue weighted by molar-refractivity contribution is -0.0603. The first-order valence-corrected chi connectivity index (χ1v) is 9.43. The highest BCUT2D eigenvalue weighted by molar-refractivity contribution is 4.72. The summed E-state index contributed by atoms with van der Waals surface area (Å²) in [6.45, 7) is 9.22. The van der Waals surface area contributed by atoms with Crippen LogP contribution in [0, 0.1) is 5.92 Å². The fraction of sp³-hybridized carbons (Fsp3) is 1.00. The van der Waals surface area contributed by atoms with Gasteiger partial charge in [0.25, 0.3) is 0 Å². The van der Waals surface area contributed by atoms with Gasteiger partial charge in [-0.05, 0) is 19.3 Å². The zero-order valence-electron chi connectivity index (χ0n) is 15.1. The Hall–Kier alpha value is -0.0800. The number of aliphatic hydroxyl groups excluding tert-OH is 1. The Labute approximate surface area is 133 Å². The topological polar surface area (TPSA) is 29.5 Å². The van der Waals surface area contributed by atoms with Gasteiger partial charge in [-0.2, -0.15) is 0 Å². The summed E-state index contributed by atoms with van der Waals surface area (Å²) in [5.41, 5.74) is 0. The SMILES string of the molecule is CCCCCCCCCCCCC(O)C(OCC)C(C)C. The van der Waals surface area contributed by atoms with E-state index in [1.807, 2.05) is 6.92 Å². The molecular weight excluding hydrogens is 260 g/mol. The van der Waals surface area contributed by atoms with Crippen LogP contribution in [0.2, 0.25) is 0 Å². The lowest BCUT2D eigenvalue weighted by Gasteiger charge is -2.26. The Morgan fingerprint density at radius 2 is 1.24 bits per heavy atom. The molecule has 2 unspecified atom stereocenters. The van der Waals surface area contributed by atoms with Crippen molar-refractivity contribution in [3.05, 3.63) is 0 Å². The van der Waals surface area contributed by atoms with Crippen molar-refractivity contribution in [3.63, 3.8) is 0 Å². The van der Waals surface area contributed by atoms with Crippen LogP contribution in [0.1, 0.15) is 98.3 Å². The Kier molecular flexibility index (Phi) is 14.8. The van der Waals surface area contributed by atoms with Crippen LogP contribution in [-0.4, -0.2) is 23.9 Å². The van der Waals surface area contributed by atoms with E-state index in [1.54, 1.807) is 0 Å². The molecule has 0 fully saturated rings. The van der Waals surface area contributed by atoms with Crippen LogP contribution >= 0.6 is 0 Å². The minimum atomic E-state index is -0.293. The number of aliphatic hydroxyl groups is 1. The monoisotopic (exact) mass is 300 g/mol. The van der Waals surface area contributed by atoms with Gasteiger partial charge in [0.2, 0.25) is 0 Å². The summed E-state index contributed by atoms with van der Waals surface area (Å²) >= 11 is 0. The zero-order valence-corrected chi connectivity index (χ0v) is 15.1. The van der Waals surface area contributed by atoms with Gasteiger partial charge in [-0.25, -0.2) is 0 Å². The normalized spacial score (nSPS) is 14.6. The Morgan fingerprint density at radius 3 is 1.67 bits per heavy atom. The van der Waals surface area contributed by atoms with Crippen molar-refractivity contribution >= 4 is 0 Å². The zero-order chi connectivity index (χ0) is 15.9. The number of hydrogen-bond donors (Lipinski definition) is 1. The first-order valence-electron chi connectivity index (χ1n) is 9.43. The fourth-order valence-electron chi connectivity index (χ4n) is 2.95. The summed E-state index contributed by atoms with van der Waals surface area (Å²) in [4.78, 5) is 0. The third-order valence-corrected chi connectivity index (χ3v) is 4.25. The maximum Gasteiger partial charge on any atom is 0.0856 e. The average Bonchev–Trinajstić information content (AvgIpc) is 2.46. The molecule has 0 amide bonds. The van der Waals surface area contributed by atoms with Gasteiger partial charge in [-0.1, -0.05) is 85.0 Å². The molecule has 2 heteroatoms. The Bertz CT molecular complexity index is 204. The molecule has 0 saturated carbocycles. The van der Waals surface area contributed by atoms with Gasteiger partial charge in [0.1, 0.15) is 0 Å². The van der Waals surface area contributed by atoms with Crippen molar-refractivity contribution in [1.29, 1.82) is 0 Å². The fourth-order valence-corrected chi connectivity index (χ4v) is 2.95. The molecule has 0 rings (SSSR count). The van der Waals surface area contributed by atoms with E-state index in [0.717, 1.165) is 12.8 Å². The predicted molar refractivity (Wildman–Crippen MR) is 92.7 cm³/mol. The quantitative estimate of drug-likeness (QED) is 0.392. The highest BCUT2D eigenvalue weighted by Gasteiger charge is 2.22. The third kappa shape index (κ3) is 12.2. The largest absolute Gasteiger partial charge is 0.390 e. The molecule has 0 aromatic heterocycles. The highest BCUT2D eigenvalue weighted by Crippen LogP contribution is 2.17. The number of rotatable bonds is 15. The summed E-state index contributed by atoms with van der Waals surface area (Å²) in [5, 5.41) is 10.2. The molecule has 0 aliphatic carbocycles. The van der Waals surface area contributed by atoms with E-state index in [1.165, 1.54) is 57.8 Å². The van der Waals surface area contributed by atoms with Crippen LogP contribution in [0.5, 0.6) is 0 Å². The van der Waals surface area contributed by atoms with Crippen molar-refractivity contribution in [2.45, 2.75) is 111 Å². The molecule has 0 bridgehead atoms. The van der Waals surface area contributed by atoms with E-state index in [0.29, 0.717) is 12.5 Å². The number of unbranched alkanes of at least 4 members (excludes halogenated alkanes) is 9. The first-order chi connectivity index (χ1) is 10.1. The third-order valence-electron chi connectivity index (χ3n) is 4.25. The smallest absolute Gasteiger partial charge is 0.0856 e. The summed E-state index contributed by atoms with van der Waals surface area (Å²) in [6, 6.07) is 0. The van der Waals surface area contributed by atoms with Crippen molar-refractivity contribution < 1.29 is 9.84 Å². The Balaban J connectivity index is 3.44. The minimum absolute atomic E-state index is 0.00793. The molecule has 2 atom stereocenters. The Morgan fingerprint density at radius 1 is 0.762 bits per heavy atom. The molecular formula is C19H40O2. The van der Waals surface area contributed by atoms with E-state index in [-0.39, 0.29) is 12.2 Å². The number of hydrogen-bond acceptors (Lipinski definition) is 2. The van der Waals surface area contributed by atoms with Crippen LogP contribution in [0.4, 0.5) is 0 Å². The summed E-state index contributed by atoms with van der Waals surface area (Å²) in [7, 11) is 0. The maximum absolute atomic E-state index is 10.2. The van der Waals surface area contributed by atoms with Crippen LogP contribution in [-0.2, 0) is 4.74 Å². The summed E-state index contributed by atoms with van der Waals surface area (Å²) < 4.78 is 5.66. The minimum Gasteiger partial charge on any atom is -0.390 e. The van der Waals surface area contributed by atoms with Crippen LogP contribution in [0.25, 0.3) is 0 Å². The van der Waals surface area contributed by atoms with Gasteiger partial charge in [-0.3, -0.25) is 0 Å². The van der Waals surface area contributed by atoms with Crippen LogP contribution in [0.15, 0.2) is 0 Å². The van der Waals surface area contributed by atoms with Crippen LogP contribution in [0.3, 0.4) is 0 Å². The van der Waals surface area contributed by atoms with Gasteiger partial charge < -0.3 is 9.84 Å². The summed E-state index contributed by atoms with van der Waals surface area (Å²) in [5.74, 6) is 0.392. The van der Waals surface area contributed by atoms with Crippen molar-refractivity contribution in [3.8, 4) is 0 Å². The van der Waals surface area contributed by atoms with Gasteiger partial charge >= 0.3 is 0 Å². The molecule has 2 nitrogen and oxygen atoms in total. The standard InChI is InChI=1S/C19H40O2/c1-5-7-8-9-10-11-12-13-14-15-16-18(20)19(17(3)4)21-6-2/h17-20H,5-16H2,1-4H3. The van der Waals surface area contributed by atoms with Gasteiger partial charge in [0.15, 0.2) is 0 Å². The predicted octanol–water partition coefficient (Wildman–Crippen LogP) is 5.72. The lowest BCUT2D eigenvalue weighted by atomic mass is 9.96. The van der Waals surface area contributed by atoms with Crippen molar-refractivity contribution in [2.24, 2.45) is 5.92 Å². The molecule has 1 N–H and O–H groups in total. The van der Waals surface area contributed by atoms with Crippen molar-refractivity contribution in [1.82, 2.24) is 0 Å². The van der Waals surface area contributed by atoms with Gasteiger partial charge in [0, 0.05) is 6.61 Å². The maximum atomic E-state index is 10.2. The molecule has 128 valence electrons. The second-order valence-electron chi connectivity index (χ2n) is 6.70. The van der Waals surface area contributed by atoms with E-state index >= 15 is 0 Å². The second-order valence-corrected chi connectivity index (χ2v) is 6.70. The molecule has 0 radical (unpaired) electrons. The first kappa shape index (κ1) is 20.9.